The number of hydrogen-bond acceptors (Lipinski definition) is 8. The van der Waals surface area contributed by atoms with Crippen LogP contribution in [0, 0.1) is 0 Å². The number of hydrogen-bond donors (Lipinski definition) is 0. The van der Waals surface area contributed by atoms with Gasteiger partial charge in [0.2, 0.25) is 0 Å². The Bertz CT molecular complexity index is 1320. The van der Waals surface area contributed by atoms with Gasteiger partial charge in [0.1, 0.15) is 4.83 Å². The van der Waals surface area contributed by atoms with Crippen LogP contribution >= 0.6 is 34.9 Å². The molecule has 0 unspecified atom stereocenters. The van der Waals surface area contributed by atoms with Gasteiger partial charge >= 0.3 is 0 Å². The lowest BCUT2D eigenvalue weighted by molar-refractivity contribution is -0.0542. The molecule has 0 N–H and O–H groups in total. The lowest BCUT2D eigenvalue weighted by Gasteiger charge is -2.33. The van der Waals surface area contributed by atoms with Crippen LogP contribution in [0.15, 0.2) is 40.6 Å². The first-order valence-electron chi connectivity index (χ1n) is 11.2. The molecular weight excluding hydrogens is 472 g/mol. The van der Waals surface area contributed by atoms with Gasteiger partial charge in [-0.2, -0.15) is 0 Å². The summed E-state index contributed by atoms with van der Waals surface area (Å²) >= 11 is 4.85. The Morgan fingerprint density at radius 1 is 1.18 bits per heavy atom. The Balaban J connectivity index is 1.57. The zero-order valence-corrected chi connectivity index (χ0v) is 21.4. The van der Waals surface area contributed by atoms with Crippen LogP contribution in [0.25, 0.3) is 15.9 Å². The summed E-state index contributed by atoms with van der Waals surface area (Å²) in [7, 11) is 0. The van der Waals surface area contributed by atoms with Crippen LogP contribution in [0.1, 0.15) is 54.4 Å². The minimum absolute atomic E-state index is 0.0814. The van der Waals surface area contributed by atoms with Gasteiger partial charge in [0.25, 0.3) is 0 Å². The molecular formula is C24H26N4O2S3. The fraction of sp³-hybridized carbons (Fsp3) is 0.417. The first-order valence-corrected chi connectivity index (χ1v) is 14.0. The van der Waals surface area contributed by atoms with Crippen molar-refractivity contribution < 1.29 is 9.53 Å². The van der Waals surface area contributed by atoms with Crippen LogP contribution < -0.4 is 0 Å². The summed E-state index contributed by atoms with van der Waals surface area (Å²) in [6.07, 6.45) is 2.85. The van der Waals surface area contributed by atoms with Crippen LogP contribution in [0.3, 0.4) is 0 Å². The van der Waals surface area contributed by atoms with Gasteiger partial charge in [0, 0.05) is 22.6 Å². The minimum atomic E-state index is -0.173. The van der Waals surface area contributed by atoms with Crippen molar-refractivity contribution in [2.45, 2.75) is 62.6 Å². The smallest absolute Gasteiger partial charge is 0.198 e. The highest BCUT2D eigenvalue weighted by Gasteiger charge is 2.33. The predicted molar refractivity (Wildman–Crippen MR) is 136 cm³/mol. The Morgan fingerprint density at radius 3 is 2.76 bits per heavy atom. The number of nitrogens with zero attached hydrogens (tertiary/aromatic N) is 4. The summed E-state index contributed by atoms with van der Waals surface area (Å²) in [5, 5.41) is 11.8. The summed E-state index contributed by atoms with van der Waals surface area (Å²) in [6.45, 7) is 7.12. The molecule has 0 bridgehead atoms. The monoisotopic (exact) mass is 498 g/mol. The fourth-order valence-electron chi connectivity index (χ4n) is 3.96. The Kier molecular flexibility index (Phi) is 6.48. The van der Waals surface area contributed by atoms with Crippen LogP contribution in [0.2, 0.25) is 0 Å². The van der Waals surface area contributed by atoms with E-state index in [0.717, 1.165) is 46.0 Å². The van der Waals surface area contributed by atoms with E-state index in [-0.39, 0.29) is 11.4 Å². The lowest BCUT2D eigenvalue weighted by atomic mass is 9.90. The molecule has 172 valence electrons. The van der Waals surface area contributed by atoms with E-state index in [0.29, 0.717) is 23.1 Å². The fourth-order valence-corrected chi connectivity index (χ4v) is 6.85. The van der Waals surface area contributed by atoms with Crippen molar-refractivity contribution in [3.05, 3.63) is 46.3 Å². The maximum Gasteiger partial charge on any atom is 0.198 e. The van der Waals surface area contributed by atoms with E-state index < -0.39 is 0 Å². The predicted octanol–water partition coefficient (Wildman–Crippen LogP) is 6.06. The molecule has 33 heavy (non-hydrogen) atoms. The normalized spacial score (nSPS) is 18.2. The second-order valence-corrected chi connectivity index (χ2v) is 11.5. The van der Waals surface area contributed by atoms with Crippen LogP contribution in [-0.2, 0) is 17.8 Å². The number of benzene rings is 1. The van der Waals surface area contributed by atoms with E-state index in [1.54, 1.807) is 23.1 Å². The van der Waals surface area contributed by atoms with Crippen LogP contribution in [-0.4, -0.2) is 42.5 Å². The molecule has 4 heterocycles. The zero-order chi connectivity index (χ0) is 23.0. The third-order valence-electron chi connectivity index (χ3n) is 6.03. The first kappa shape index (κ1) is 22.8. The average Bonchev–Trinajstić information content (AvgIpc) is 3.42. The highest BCUT2D eigenvalue weighted by molar-refractivity contribution is 8.00. The van der Waals surface area contributed by atoms with Gasteiger partial charge < -0.3 is 4.74 Å². The molecule has 3 aromatic heterocycles. The van der Waals surface area contributed by atoms with Gasteiger partial charge in [0.15, 0.2) is 21.7 Å². The number of carbonyl (C=O) groups is 1. The maximum absolute atomic E-state index is 12.7. The van der Waals surface area contributed by atoms with Crippen molar-refractivity contribution in [3.63, 3.8) is 0 Å². The summed E-state index contributed by atoms with van der Waals surface area (Å²) in [5.74, 6) is 1.35. The molecule has 0 fully saturated rings. The number of Topliss-reactive ketones (excluding diaryl/α,β-unsaturated/α-hetero) is 1. The van der Waals surface area contributed by atoms with Crippen molar-refractivity contribution in [1.29, 1.82) is 0 Å². The van der Waals surface area contributed by atoms with Crippen molar-refractivity contribution in [2.75, 3.05) is 11.5 Å². The molecule has 1 aliphatic rings. The molecule has 5 rings (SSSR count). The van der Waals surface area contributed by atoms with Crippen molar-refractivity contribution in [3.8, 4) is 0 Å². The van der Waals surface area contributed by atoms with E-state index in [2.05, 4.69) is 35.4 Å². The number of ether oxygens (including phenoxy) is 1. The number of aromatic nitrogens is 4. The number of ketones is 1. The molecule has 1 aromatic carbocycles. The topological polar surface area (TPSA) is 69.4 Å². The Hall–Kier alpha value is -1.94. The van der Waals surface area contributed by atoms with Gasteiger partial charge in [-0.3, -0.25) is 4.79 Å². The van der Waals surface area contributed by atoms with E-state index in [9.17, 15) is 4.79 Å². The van der Waals surface area contributed by atoms with Gasteiger partial charge in [-0.1, -0.05) is 67.7 Å². The molecule has 0 spiro atoms. The highest BCUT2D eigenvalue weighted by Crippen LogP contribution is 2.42. The van der Waals surface area contributed by atoms with Crippen LogP contribution in [0.5, 0.6) is 0 Å². The van der Waals surface area contributed by atoms with Gasteiger partial charge in [-0.25, -0.2) is 9.38 Å². The molecule has 0 radical (unpaired) electrons. The quantitative estimate of drug-likeness (QED) is 0.166. The molecule has 1 aliphatic heterocycles. The third-order valence-corrected chi connectivity index (χ3v) is 9.20. The third kappa shape index (κ3) is 4.32. The molecule has 9 heteroatoms. The molecule has 0 aliphatic carbocycles. The SMILES string of the molecule is CCCSc1nc2sc3c(c2c2nnc(SCC(=O)c4ccccc4)n12)C[C@@](C)(CC)OC3. The zero-order valence-electron chi connectivity index (χ0n) is 19.0. The van der Waals surface area contributed by atoms with E-state index in [4.69, 9.17) is 9.72 Å². The van der Waals surface area contributed by atoms with E-state index >= 15 is 0 Å². The molecule has 0 amide bonds. The van der Waals surface area contributed by atoms with Crippen molar-refractivity contribution in [2.24, 2.45) is 0 Å². The van der Waals surface area contributed by atoms with E-state index in [1.807, 2.05) is 30.3 Å². The minimum Gasteiger partial charge on any atom is -0.369 e. The summed E-state index contributed by atoms with van der Waals surface area (Å²) in [6, 6.07) is 9.39. The van der Waals surface area contributed by atoms with Crippen LogP contribution in [0.4, 0.5) is 0 Å². The second-order valence-electron chi connectivity index (χ2n) is 8.42. The van der Waals surface area contributed by atoms with Gasteiger partial charge in [0.05, 0.1) is 23.3 Å². The van der Waals surface area contributed by atoms with Crippen molar-refractivity contribution in [1.82, 2.24) is 19.6 Å². The second kappa shape index (κ2) is 9.37. The van der Waals surface area contributed by atoms with Gasteiger partial charge in [-0.15, -0.1) is 21.5 Å². The number of rotatable bonds is 8. The van der Waals surface area contributed by atoms with E-state index in [1.165, 1.54) is 22.2 Å². The summed E-state index contributed by atoms with van der Waals surface area (Å²) in [4.78, 5) is 20.0. The lowest BCUT2D eigenvalue weighted by Crippen LogP contribution is -2.33. The molecule has 0 saturated heterocycles. The molecule has 4 aromatic rings. The average molecular weight is 499 g/mol. The summed E-state index contributed by atoms with van der Waals surface area (Å²) < 4.78 is 8.24. The standard InChI is InChI=1S/C24H26N4O2S3/c1-4-11-31-22-25-21-19(16-12-24(3,5-2)30-13-18(16)33-21)20-26-27-23(28(20)22)32-14-17(29)15-9-7-6-8-10-15/h6-10H,4-5,11-14H2,1-3H3/t24-/m1/s1. The van der Waals surface area contributed by atoms with Crippen molar-refractivity contribution >= 4 is 56.5 Å². The molecule has 6 nitrogen and oxygen atoms in total. The van der Waals surface area contributed by atoms with Gasteiger partial charge in [-0.05, 0) is 25.3 Å². The molecule has 0 saturated carbocycles. The molecule has 1 atom stereocenters. The largest absolute Gasteiger partial charge is 0.369 e. The number of thioether (sulfide) groups is 2. The highest BCUT2D eigenvalue weighted by atomic mass is 32.2. The number of fused-ring (bicyclic) bond motifs is 5. The summed E-state index contributed by atoms with van der Waals surface area (Å²) in [5.41, 5.74) is 2.67. The Labute approximate surface area is 205 Å². The number of carbonyl (C=O) groups excluding carboxylic acids is 1. The number of thiophene rings is 1. The Morgan fingerprint density at radius 2 is 2.00 bits per heavy atom. The maximum atomic E-state index is 12.7. The first-order chi connectivity index (χ1) is 16.0.